The van der Waals surface area contributed by atoms with E-state index in [4.69, 9.17) is 10.5 Å². The zero-order chi connectivity index (χ0) is 14.6. The summed E-state index contributed by atoms with van der Waals surface area (Å²) in [5.41, 5.74) is 5.69. The van der Waals surface area contributed by atoms with E-state index in [9.17, 15) is 5.11 Å². The first-order valence-corrected chi connectivity index (χ1v) is 8.51. The molecule has 20 heavy (non-hydrogen) atoms. The molecule has 0 unspecified atom stereocenters. The summed E-state index contributed by atoms with van der Waals surface area (Å²) >= 11 is 0. The minimum absolute atomic E-state index is 0.122. The van der Waals surface area contributed by atoms with Crippen molar-refractivity contribution in [2.45, 2.75) is 83.0 Å². The first-order chi connectivity index (χ1) is 9.75. The maximum Gasteiger partial charge on any atom is 0.0987 e. The summed E-state index contributed by atoms with van der Waals surface area (Å²) in [5.74, 6) is 0. The van der Waals surface area contributed by atoms with E-state index in [1.54, 1.807) is 0 Å². The molecule has 0 aromatic rings. The molecule has 0 saturated carbocycles. The van der Waals surface area contributed by atoms with Gasteiger partial charge in [0.25, 0.3) is 0 Å². The molecule has 4 heteroatoms. The standard InChI is InChI=1S/C16H34N2O2/c1-2-3-4-5-6-7-8-9-10-11-18-12-15-16(19)14(17)13-20-15/h14-16,18-19H,2-13,17H2,1H3/t14-,15-,16+/m0/s1. The average molecular weight is 286 g/mol. The van der Waals surface area contributed by atoms with Crippen LogP contribution < -0.4 is 11.1 Å². The lowest BCUT2D eigenvalue weighted by Gasteiger charge is -2.15. The minimum Gasteiger partial charge on any atom is -0.389 e. The van der Waals surface area contributed by atoms with Gasteiger partial charge in [-0.2, -0.15) is 0 Å². The van der Waals surface area contributed by atoms with Crippen LogP contribution in [0.25, 0.3) is 0 Å². The molecule has 1 heterocycles. The number of ether oxygens (including phenoxy) is 1. The Morgan fingerprint density at radius 2 is 1.65 bits per heavy atom. The van der Waals surface area contributed by atoms with Crippen molar-refractivity contribution in [3.63, 3.8) is 0 Å². The molecule has 0 aromatic carbocycles. The van der Waals surface area contributed by atoms with Crippen molar-refractivity contribution in [1.29, 1.82) is 0 Å². The van der Waals surface area contributed by atoms with E-state index in [1.807, 2.05) is 0 Å². The monoisotopic (exact) mass is 286 g/mol. The van der Waals surface area contributed by atoms with Crippen molar-refractivity contribution in [2.75, 3.05) is 19.7 Å². The van der Waals surface area contributed by atoms with Crippen LogP contribution in [0.3, 0.4) is 0 Å². The first kappa shape index (κ1) is 17.9. The molecular formula is C16H34N2O2. The SMILES string of the molecule is CCCCCCCCCCCNC[C@@H]1OC[C@H](N)[C@H]1O. The molecule has 1 rings (SSSR count). The molecule has 1 aliphatic heterocycles. The van der Waals surface area contributed by atoms with E-state index in [-0.39, 0.29) is 12.1 Å². The molecule has 1 fully saturated rings. The predicted octanol–water partition coefficient (Wildman–Crippen LogP) is 2.19. The van der Waals surface area contributed by atoms with Crippen molar-refractivity contribution in [3.05, 3.63) is 0 Å². The highest BCUT2D eigenvalue weighted by molar-refractivity contribution is 4.87. The van der Waals surface area contributed by atoms with Gasteiger partial charge < -0.3 is 20.9 Å². The van der Waals surface area contributed by atoms with E-state index in [1.165, 1.54) is 57.8 Å². The lowest BCUT2D eigenvalue weighted by molar-refractivity contribution is 0.0419. The summed E-state index contributed by atoms with van der Waals surface area (Å²) in [5, 5.41) is 13.1. The highest BCUT2D eigenvalue weighted by Crippen LogP contribution is 2.12. The van der Waals surface area contributed by atoms with E-state index in [0.29, 0.717) is 13.2 Å². The largest absolute Gasteiger partial charge is 0.389 e. The third-order valence-corrected chi connectivity index (χ3v) is 4.12. The zero-order valence-electron chi connectivity index (χ0n) is 13.2. The molecule has 0 spiro atoms. The lowest BCUT2D eigenvalue weighted by atomic mass is 10.1. The number of hydrogen-bond donors (Lipinski definition) is 3. The smallest absolute Gasteiger partial charge is 0.0987 e. The van der Waals surface area contributed by atoms with Crippen molar-refractivity contribution < 1.29 is 9.84 Å². The topological polar surface area (TPSA) is 67.5 Å². The molecule has 3 atom stereocenters. The van der Waals surface area contributed by atoms with Gasteiger partial charge in [-0.1, -0.05) is 58.3 Å². The summed E-state index contributed by atoms with van der Waals surface area (Å²) in [4.78, 5) is 0. The number of nitrogens with two attached hydrogens (primary N) is 1. The average Bonchev–Trinajstić information content (AvgIpc) is 2.76. The second kappa shape index (κ2) is 11.5. The van der Waals surface area contributed by atoms with Gasteiger partial charge in [0.2, 0.25) is 0 Å². The van der Waals surface area contributed by atoms with Crippen molar-refractivity contribution in [2.24, 2.45) is 5.73 Å². The van der Waals surface area contributed by atoms with Gasteiger partial charge in [-0.05, 0) is 13.0 Å². The number of aliphatic hydroxyl groups is 1. The van der Waals surface area contributed by atoms with Crippen LogP contribution in [0.15, 0.2) is 0 Å². The molecule has 4 nitrogen and oxygen atoms in total. The number of aliphatic hydroxyl groups excluding tert-OH is 1. The van der Waals surface area contributed by atoms with Gasteiger partial charge >= 0.3 is 0 Å². The Morgan fingerprint density at radius 3 is 2.20 bits per heavy atom. The Morgan fingerprint density at radius 1 is 1.05 bits per heavy atom. The molecule has 0 amide bonds. The van der Waals surface area contributed by atoms with Gasteiger partial charge in [-0.15, -0.1) is 0 Å². The second-order valence-electron chi connectivity index (χ2n) is 6.06. The van der Waals surface area contributed by atoms with Gasteiger partial charge in [0.1, 0.15) is 0 Å². The Bertz CT molecular complexity index is 227. The van der Waals surface area contributed by atoms with E-state index >= 15 is 0 Å². The number of nitrogens with one attached hydrogen (secondary N) is 1. The Labute approximate surface area is 124 Å². The van der Waals surface area contributed by atoms with Gasteiger partial charge in [0.15, 0.2) is 0 Å². The maximum absolute atomic E-state index is 9.73. The normalized spacial score (nSPS) is 26.2. The van der Waals surface area contributed by atoms with Crippen molar-refractivity contribution in [1.82, 2.24) is 5.32 Å². The minimum atomic E-state index is -0.509. The van der Waals surface area contributed by atoms with Crippen molar-refractivity contribution in [3.8, 4) is 0 Å². The quantitative estimate of drug-likeness (QED) is 0.481. The van der Waals surface area contributed by atoms with Crippen LogP contribution in [-0.2, 0) is 4.74 Å². The summed E-state index contributed by atoms with van der Waals surface area (Å²) in [6.07, 6.45) is 11.5. The summed E-state index contributed by atoms with van der Waals surface area (Å²) in [6, 6.07) is -0.213. The van der Waals surface area contributed by atoms with E-state index < -0.39 is 6.10 Å². The lowest BCUT2D eigenvalue weighted by Crippen LogP contribution is -2.41. The number of rotatable bonds is 12. The van der Waals surface area contributed by atoms with Crippen molar-refractivity contribution >= 4 is 0 Å². The number of hydrogen-bond acceptors (Lipinski definition) is 4. The molecule has 0 aliphatic carbocycles. The molecule has 0 radical (unpaired) electrons. The Hall–Kier alpha value is -0.160. The van der Waals surface area contributed by atoms with Gasteiger partial charge in [0.05, 0.1) is 24.9 Å². The van der Waals surface area contributed by atoms with Crippen LogP contribution in [0.1, 0.15) is 64.7 Å². The fourth-order valence-electron chi connectivity index (χ4n) is 2.69. The number of unbranched alkanes of at least 4 members (excludes halogenated alkanes) is 8. The summed E-state index contributed by atoms with van der Waals surface area (Å²) in [7, 11) is 0. The van der Waals surface area contributed by atoms with Crippen LogP contribution in [0, 0.1) is 0 Å². The maximum atomic E-state index is 9.73. The fourth-order valence-corrected chi connectivity index (χ4v) is 2.69. The Kier molecular flexibility index (Phi) is 10.3. The van der Waals surface area contributed by atoms with Crippen LogP contribution >= 0.6 is 0 Å². The summed E-state index contributed by atoms with van der Waals surface area (Å²) in [6.45, 7) is 4.46. The molecule has 0 aromatic heterocycles. The highest BCUT2D eigenvalue weighted by atomic mass is 16.5. The van der Waals surface area contributed by atoms with Gasteiger partial charge in [-0.25, -0.2) is 0 Å². The molecule has 1 saturated heterocycles. The second-order valence-corrected chi connectivity index (χ2v) is 6.06. The molecule has 120 valence electrons. The predicted molar refractivity (Wildman–Crippen MR) is 83.8 cm³/mol. The van der Waals surface area contributed by atoms with E-state index in [2.05, 4.69) is 12.2 Å². The third-order valence-electron chi connectivity index (χ3n) is 4.12. The van der Waals surface area contributed by atoms with Gasteiger partial charge in [0, 0.05) is 6.54 Å². The van der Waals surface area contributed by atoms with Crippen LogP contribution in [0.2, 0.25) is 0 Å². The molecule has 0 bridgehead atoms. The fraction of sp³-hybridized carbons (Fsp3) is 1.00. The molecule has 1 aliphatic rings. The zero-order valence-corrected chi connectivity index (χ0v) is 13.2. The highest BCUT2D eigenvalue weighted by Gasteiger charge is 2.32. The van der Waals surface area contributed by atoms with Gasteiger partial charge in [-0.3, -0.25) is 0 Å². The summed E-state index contributed by atoms with van der Waals surface area (Å²) < 4.78 is 5.43. The Balaban J connectivity index is 1.79. The van der Waals surface area contributed by atoms with Crippen LogP contribution in [0.4, 0.5) is 0 Å². The van der Waals surface area contributed by atoms with E-state index in [0.717, 1.165) is 6.54 Å². The van der Waals surface area contributed by atoms with Crippen LogP contribution in [-0.4, -0.2) is 43.1 Å². The molecular weight excluding hydrogens is 252 g/mol. The molecule has 4 N–H and O–H groups in total. The van der Waals surface area contributed by atoms with Crippen LogP contribution in [0.5, 0.6) is 0 Å². The first-order valence-electron chi connectivity index (χ1n) is 8.51. The third kappa shape index (κ3) is 7.58.